The number of hydrogen-bond acceptors (Lipinski definition) is 2. The Morgan fingerprint density at radius 2 is 1.56 bits per heavy atom. The van der Waals surface area contributed by atoms with Crippen LogP contribution in [-0.2, 0) is 0 Å². The van der Waals surface area contributed by atoms with Crippen LogP contribution < -0.4 is 5.32 Å². The SMILES string of the molecule is [CH2]C(N1CCCCC1)C(CCC)(CCC)C1NCCC12CCCCC2. The molecule has 2 atom stereocenters. The third-order valence-corrected chi connectivity index (χ3v) is 7.93. The molecule has 2 nitrogen and oxygen atoms in total. The number of nitrogens with zero attached hydrogens (tertiary/aromatic N) is 1. The molecule has 145 valence electrons. The molecular weight excluding hydrogens is 304 g/mol. The maximum Gasteiger partial charge on any atom is 0.0195 e. The molecule has 0 bridgehead atoms. The van der Waals surface area contributed by atoms with Gasteiger partial charge in [0, 0.05) is 17.5 Å². The summed E-state index contributed by atoms with van der Waals surface area (Å²) >= 11 is 0. The zero-order chi connectivity index (χ0) is 17.8. The fourth-order valence-corrected chi connectivity index (χ4v) is 6.90. The Bertz CT molecular complexity index is 387. The van der Waals surface area contributed by atoms with Crippen LogP contribution in [0.5, 0.6) is 0 Å². The molecule has 2 heteroatoms. The first-order valence-corrected chi connectivity index (χ1v) is 11.5. The normalized spacial score (nSPS) is 29.2. The predicted octanol–water partition coefficient (Wildman–Crippen LogP) is 5.57. The van der Waals surface area contributed by atoms with E-state index in [-0.39, 0.29) is 0 Å². The Hall–Kier alpha value is -0.0800. The van der Waals surface area contributed by atoms with Gasteiger partial charge in [0.25, 0.3) is 0 Å². The van der Waals surface area contributed by atoms with E-state index in [1.165, 1.54) is 103 Å². The number of hydrogen-bond donors (Lipinski definition) is 1. The highest BCUT2D eigenvalue weighted by molar-refractivity contribution is 5.11. The van der Waals surface area contributed by atoms with Gasteiger partial charge in [0.05, 0.1) is 0 Å². The third-order valence-electron chi connectivity index (χ3n) is 7.93. The van der Waals surface area contributed by atoms with Crippen molar-refractivity contribution in [2.24, 2.45) is 10.8 Å². The highest BCUT2D eigenvalue weighted by atomic mass is 15.2. The van der Waals surface area contributed by atoms with Gasteiger partial charge in [-0.25, -0.2) is 0 Å². The Morgan fingerprint density at radius 1 is 0.960 bits per heavy atom. The molecule has 1 spiro atoms. The van der Waals surface area contributed by atoms with Gasteiger partial charge in [0.1, 0.15) is 0 Å². The van der Waals surface area contributed by atoms with Crippen LogP contribution in [-0.4, -0.2) is 36.6 Å². The van der Waals surface area contributed by atoms with Crippen LogP contribution in [0, 0.1) is 17.8 Å². The summed E-state index contributed by atoms with van der Waals surface area (Å²) in [5, 5.41) is 4.08. The molecule has 2 saturated heterocycles. The van der Waals surface area contributed by atoms with Gasteiger partial charge in [-0.1, -0.05) is 52.4 Å². The van der Waals surface area contributed by atoms with Gasteiger partial charge >= 0.3 is 0 Å². The van der Waals surface area contributed by atoms with Crippen molar-refractivity contribution in [3.63, 3.8) is 0 Å². The van der Waals surface area contributed by atoms with Crippen LogP contribution >= 0.6 is 0 Å². The van der Waals surface area contributed by atoms with E-state index in [1.54, 1.807) is 0 Å². The summed E-state index contributed by atoms with van der Waals surface area (Å²) in [6, 6.07) is 1.19. The van der Waals surface area contributed by atoms with Crippen LogP contribution in [0.15, 0.2) is 0 Å². The number of piperidine rings is 1. The topological polar surface area (TPSA) is 15.3 Å². The summed E-state index contributed by atoms with van der Waals surface area (Å²) in [5.74, 6) is 0. The molecule has 1 saturated carbocycles. The average molecular weight is 348 g/mol. The molecule has 2 unspecified atom stereocenters. The second kappa shape index (κ2) is 8.74. The molecule has 2 heterocycles. The van der Waals surface area contributed by atoms with Crippen LogP contribution in [0.4, 0.5) is 0 Å². The maximum atomic E-state index is 4.88. The first-order chi connectivity index (χ1) is 12.2. The molecule has 0 aromatic carbocycles. The smallest absolute Gasteiger partial charge is 0.0195 e. The fourth-order valence-electron chi connectivity index (χ4n) is 6.90. The fraction of sp³-hybridized carbons (Fsp3) is 0.957. The molecular formula is C23H43N2. The van der Waals surface area contributed by atoms with Crippen molar-refractivity contribution in [3.8, 4) is 0 Å². The molecule has 0 amide bonds. The van der Waals surface area contributed by atoms with Crippen LogP contribution in [0.3, 0.4) is 0 Å². The predicted molar refractivity (Wildman–Crippen MR) is 109 cm³/mol. The first-order valence-electron chi connectivity index (χ1n) is 11.5. The summed E-state index contributed by atoms with van der Waals surface area (Å²) in [4.78, 5) is 2.77. The maximum absolute atomic E-state index is 4.88. The summed E-state index contributed by atoms with van der Waals surface area (Å²) in [6.45, 7) is 13.5. The number of likely N-dealkylation sites (tertiary alicyclic amines) is 1. The molecule has 3 aliphatic rings. The van der Waals surface area contributed by atoms with E-state index in [1.807, 2.05) is 0 Å². The van der Waals surface area contributed by atoms with Crippen LogP contribution in [0.25, 0.3) is 0 Å². The molecule has 3 fully saturated rings. The van der Waals surface area contributed by atoms with Crippen LogP contribution in [0.1, 0.15) is 97.3 Å². The molecule has 1 radical (unpaired) electrons. The van der Waals surface area contributed by atoms with Gasteiger partial charge in [-0.15, -0.1) is 0 Å². The second-order valence-corrected chi connectivity index (χ2v) is 9.41. The van der Waals surface area contributed by atoms with Crippen molar-refractivity contribution in [2.75, 3.05) is 19.6 Å². The van der Waals surface area contributed by atoms with E-state index in [2.05, 4.69) is 24.1 Å². The lowest BCUT2D eigenvalue weighted by Gasteiger charge is -2.55. The van der Waals surface area contributed by atoms with Crippen molar-refractivity contribution in [1.82, 2.24) is 10.2 Å². The van der Waals surface area contributed by atoms with E-state index in [9.17, 15) is 0 Å². The van der Waals surface area contributed by atoms with E-state index < -0.39 is 0 Å². The molecule has 0 aromatic heterocycles. The minimum absolute atomic E-state index is 0.370. The van der Waals surface area contributed by atoms with Crippen molar-refractivity contribution >= 4 is 0 Å². The molecule has 25 heavy (non-hydrogen) atoms. The van der Waals surface area contributed by atoms with Gasteiger partial charge in [0.2, 0.25) is 0 Å². The Kier molecular flexibility index (Phi) is 6.88. The van der Waals surface area contributed by atoms with Crippen molar-refractivity contribution in [3.05, 3.63) is 6.92 Å². The van der Waals surface area contributed by atoms with E-state index in [0.717, 1.165) is 0 Å². The molecule has 2 aliphatic heterocycles. The van der Waals surface area contributed by atoms with E-state index >= 15 is 0 Å². The zero-order valence-electron chi connectivity index (χ0n) is 17.1. The average Bonchev–Trinajstić information content (AvgIpc) is 3.05. The minimum atomic E-state index is 0.370. The van der Waals surface area contributed by atoms with Crippen LogP contribution in [0.2, 0.25) is 0 Å². The lowest BCUT2D eigenvalue weighted by Crippen LogP contribution is -2.60. The van der Waals surface area contributed by atoms with Gasteiger partial charge in [0.15, 0.2) is 0 Å². The Morgan fingerprint density at radius 3 is 2.16 bits per heavy atom. The summed E-state index contributed by atoms with van der Waals surface area (Å²) < 4.78 is 0. The highest BCUT2D eigenvalue weighted by Gasteiger charge is 2.55. The third kappa shape index (κ3) is 3.81. The van der Waals surface area contributed by atoms with Gasteiger partial charge < -0.3 is 5.32 Å². The van der Waals surface area contributed by atoms with Gasteiger partial charge in [-0.3, -0.25) is 4.90 Å². The molecule has 0 aromatic rings. The van der Waals surface area contributed by atoms with Gasteiger partial charge in [-0.05, 0) is 76.9 Å². The van der Waals surface area contributed by atoms with E-state index in [4.69, 9.17) is 6.92 Å². The quantitative estimate of drug-likeness (QED) is 0.647. The first kappa shape index (κ1) is 19.7. The Balaban J connectivity index is 1.91. The standard InChI is InChI=1S/C23H43N2/c1-4-12-23(13-5-2,20(3)25-18-10-7-11-19-25)21-22(16-17-24-21)14-8-6-9-15-22/h20-21,24H,3-19H2,1-2H3. The Labute approximate surface area is 157 Å². The molecule has 3 rings (SSSR count). The van der Waals surface area contributed by atoms with Gasteiger partial charge in [-0.2, -0.15) is 0 Å². The van der Waals surface area contributed by atoms with Crippen molar-refractivity contribution < 1.29 is 0 Å². The second-order valence-electron chi connectivity index (χ2n) is 9.41. The number of nitrogens with one attached hydrogen (secondary N) is 1. The molecule has 1 aliphatic carbocycles. The minimum Gasteiger partial charge on any atom is -0.313 e. The van der Waals surface area contributed by atoms with E-state index in [0.29, 0.717) is 22.9 Å². The zero-order valence-corrected chi connectivity index (χ0v) is 17.1. The van der Waals surface area contributed by atoms with Crippen molar-refractivity contribution in [2.45, 2.75) is 109 Å². The highest BCUT2D eigenvalue weighted by Crippen LogP contribution is 2.55. The largest absolute Gasteiger partial charge is 0.313 e. The monoisotopic (exact) mass is 347 g/mol. The summed E-state index contributed by atoms with van der Waals surface area (Å²) in [7, 11) is 0. The number of rotatable bonds is 7. The molecule has 1 N–H and O–H groups in total. The lowest BCUT2D eigenvalue weighted by molar-refractivity contribution is -0.0182. The summed E-state index contributed by atoms with van der Waals surface area (Å²) in [5.41, 5.74) is 0.947. The summed E-state index contributed by atoms with van der Waals surface area (Å²) in [6.07, 6.45) is 18.2. The van der Waals surface area contributed by atoms with Crippen molar-refractivity contribution in [1.29, 1.82) is 0 Å². The lowest BCUT2D eigenvalue weighted by atomic mass is 9.56.